The Kier molecular flexibility index (Phi) is 9.37. The number of carbonyl (C=O) groups excluding carboxylic acids is 1. The molecule has 36 heavy (non-hydrogen) atoms. The van der Waals surface area contributed by atoms with Gasteiger partial charge < -0.3 is 14.2 Å². The van der Waals surface area contributed by atoms with E-state index >= 15 is 0 Å². The second-order valence-corrected chi connectivity index (χ2v) is 10.5. The van der Waals surface area contributed by atoms with Crippen molar-refractivity contribution in [1.29, 1.82) is 0 Å². The molecule has 1 amide bonds. The fourth-order valence-electron chi connectivity index (χ4n) is 5.12. The standard InChI is InChI=1S/C31H41N3O2/c1-25-11-10-14-27(21-25)23-34(28-15-8-5-9-16-28)24-29-17-18-30(36-29)31(35)33(20-19-32(2)3)22-26-12-6-4-7-13-26/h4,6-7,10-14,17-18,21,28H,5,8-9,15-16,19-20,22-24H2,1-3H3. The summed E-state index contributed by atoms with van der Waals surface area (Å²) in [7, 11) is 4.06. The molecule has 5 nitrogen and oxygen atoms in total. The van der Waals surface area contributed by atoms with Crippen LogP contribution in [0.1, 0.15) is 65.1 Å². The Bertz CT molecular complexity index is 1090. The molecule has 2 aromatic carbocycles. The molecule has 0 atom stereocenters. The zero-order chi connectivity index (χ0) is 25.3. The molecule has 1 saturated carbocycles. The van der Waals surface area contributed by atoms with E-state index in [-0.39, 0.29) is 5.91 Å². The zero-order valence-electron chi connectivity index (χ0n) is 22.2. The summed E-state index contributed by atoms with van der Waals surface area (Å²) in [5, 5.41) is 0. The highest BCUT2D eigenvalue weighted by molar-refractivity contribution is 5.91. The van der Waals surface area contributed by atoms with Crippen LogP contribution in [0.25, 0.3) is 0 Å². The normalized spacial score (nSPS) is 14.5. The highest BCUT2D eigenvalue weighted by Gasteiger charge is 2.24. The summed E-state index contributed by atoms with van der Waals surface area (Å²) in [5.41, 5.74) is 3.75. The van der Waals surface area contributed by atoms with Gasteiger partial charge in [-0.1, -0.05) is 79.4 Å². The number of amides is 1. The maximum atomic E-state index is 13.5. The van der Waals surface area contributed by atoms with Crippen LogP contribution in [0.15, 0.2) is 71.1 Å². The fourth-order valence-corrected chi connectivity index (χ4v) is 5.12. The molecule has 1 aromatic heterocycles. The first-order chi connectivity index (χ1) is 17.5. The molecule has 0 saturated heterocycles. The lowest BCUT2D eigenvalue weighted by Crippen LogP contribution is -2.36. The second kappa shape index (κ2) is 12.9. The lowest BCUT2D eigenvalue weighted by molar-refractivity contribution is 0.0692. The van der Waals surface area contributed by atoms with Crippen LogP contribution in [0.4, 0.5) is 0 Å². The minimum atomic E-state index is -0.0464. The van der Waals surface area contributed by atoms with E-state index in [0.717, 1.165) is 31.0 Å². The van der Waals surface area contributed by atoms with E-state index in [0.29, 0.717) is 24.9 Å². The average molecular weight is 488 g/mol. The number of benzene rings is 2. The van der Waals surface area contributed by atoms with Crippen LogP contribution in [-0.4, -0.2) is 53.8 Å². The van der Waals surface area contributed by atoms with Crippen LogP contribution in [0.3, 0.4) is 0 Å². The first-order valence-corrected chi connectivity index (χ1v) is 13.3. The minimum absolute atomic E-state index is 0.0464. The third-order valence-electron chi connectivity index (χ3n) is 7.11. The number of rotatable bonds is 11. The summed E-state index contributed by atoms with van der Waals surface area (Å²) in [6.07, 6.45) is 6.37. The van der Waals surface area contributed by atoms with Crippen molar-refractivity contribution >= 4 is 5.91 Å². The van der Waals surface area contributed by atoms with Crippen molar-refractivity contribution in [2.45, 2.75) is 64.7 Å². The van der Waals surface area contributed by atoms with Gasteiger partial charge in [-0.15, -0.1) is 0 Å². The van der Waals surface area contributed by atoms with Gasteiger partial charge in [0.1, 0.15) is 5.76 Å². The number of carbonyl (C=O) groups is 1. The van der Waals surface area contributed by atoms with E-state index in [1.807, 2.05) is 49.3 Å². The first kappa shape index (κ1) is 26.2. The maximum absolute atomic E-state index is 13.5. The number of nitrogens with zero attached hydrogens (tertiary/aromatic N) is 3. The van der Waals surface area contributed by atoms with E-state index < -0.39 is 0 Å². The third-order valence-corrected chi connectivity index (χ3v) is 7.11. The minimum Gasteiger partial charge on any atom is -0.455 e. The molecule has 0 N–H and O–H groups in total. The molecular weight excluding hydrogens is 446 g/mol. The molecule has 4 rings (SSSR count). The van der Waals surface area contributed by atoms with E-state index in [4.69, 9.17) is 4.42 Å². The quantitative estimate of drug-likeness (QED) is 0.326. The van der Waals surface area contributed by atoms with Crippen molar-refractivity contribution in [3.63, 3.8) is 0 Å². The Labute approximate surface area is 216 Å². The highest BCUT2D eigenvalue weighted by Crippen LogP contribution is 2.26. The lowest BCUT2D eigenvalue weighted by Gasteiger charge is -2.34. The molecule has 3 aromatic rings. The van der Waals surface area contributed by atoms with Gasteiger partial charge in [0.25, 0.3) is 5.91 Å². The summed E-state index contributed by atoms with van der Waals surface area (Å²) in [4.78, 5) is 20.0. The maximum Gasteiger partial charge on any atom is 0.289 e. The Balaban J connectivity index is 1.48. The topological polar surface area (TPSA) is 39.9 Å². The molecule has 1 heterocycles. The number of hydrogen-bond acceptors (Lipinski definition) is 4. The van der Waals surface area contributed by atoms with Crippen molar-refractivity contribution in [2.24, 2.45) is 0 Å². The SMILES string of the molecule is Cc1cccc(CN(Cc2ccc(C(=O)N(CCN(C)C)Cc3ccccc3)o2)C2CCCCC2)c1. The molecule has 0 spiro atoms. The molecule has 0 radical (unpaired) electrons. The molecule has 1 aliphatic rings. The molecule has 0 aliphatic heterocycles. The number of furan rings is 1. The Hall–Kier alpha value is -2.89. The van der Waals surface area contributed by atoms with Crippen molar-refractivity contribution in [3.8, 4) is 0 Å². The molecule has 0 bridgehead atoms. The number of likely N-dealkylation sites (N-methyl/N-ethyl adjacent to an activating group) is 1. The van der Waals surface area contributed by atoms with Crippen LogP contribution < -0.4 is 0 Å². The zero-order valence-corrected chi connectivity index (χ0v) is 22.2. The summed E-state index contributed by atoms with van der Waals surface area (Å²) in [6.45, 7) is 5.81. The molecule has 5 heteroatoms. The molecule has 1 aliphatic carbocycles. The number of hydrogen-bond donors (Lipinski definition) is 0. The van der Waals surface area contributed by atoms with Crippen LogP contribution in [-0.2, 0) is 19.6 Å². The first-order valence-electron chi connectivity index (χ1n) is 13.3. The predicted molar refractivity (Wildman–Crippen MR) is 146 cm³/mol. The van der Waals surface area contributed by atoms with Crippen LogP contribution >= 0.6 is 0 Å². The van der Waals surface area contributed by atoms with Gasteiger partial charge in [0.05, 0.1) is 6.54 Å². The van der Waals surface area contributed by atoms with E-state index in [1.165, 1.54) is 43.2 Å². The average Bonchev–Trinajstić information content (AvgIpc) is 3.35. The van der Waals surface area contributed by atoms with Gasteiger partial charge in [0.2, 0.25) is 0 Å². The summed E-state index contributed by atoms with van der Waals surface area (Å²) in [6, 6.07) is 23.4. The van der Waals surface area contributed by atoms with Crippen LogP contribution in [0.5, 0.6) is 0 Å². The van der Waals surface area contributed by atoms with Crippen LogP contribution in [0, 0.1) is 6.92 Å². The van der Waals surface area contributed by atoms with Crippen molar-refractivity contribution in [2.75, 3.05) is 27.2 Å². The summed E-state index contributed by atoms with van der Waals surface area (Å²) in [5.74, 6) is 1.25. The lowest BCUT2D eigenvalue weighted by atomic mass is 9.93. The van der Waals surface area contributed by atoms with E-state index in [1.54, 1.807) is 0 Å². The van der Waals surface area contributed by atoms with Crippen molar-refractivity contribution in [1.82, 2.24) is 14.7 Å². The largest absolute Gasteiger partial charge is 0.455 e. The summed E-state index contributed by atoms with van der Waals surface area (Å²) < 4.78 is 6.21. The summed E-state index contributed by atoms with van der Waals surface area (Å²) >= 11 is 0. The predicted octanol–water partition coefficient (Wildman–Crippen LogP) is 6.13. The van der Waals surface area contributed by atoms with Crippen molar-refractivity contribution < 1.29 is 9.21 Å². The Morgan fingerprint density at radius 3 is 2.31 bits per heavy atom. The van der Waals surface area contributed by atoms with Gasteiger partial charge in [0.15, 0.2) is 5.76 Å². The van der Waals surface area contributed by atoms with Gasteiger partial charge in [-0.3, -0.25) is 9.69 Å². The van der Waals surface area contributed by atoms with E-state index in [2.05, 4.69) is 53.1 Å². The monoisotopic (exact) mass is 487 g/mol. The second-order valence-electron chi connectivity index (χ2n) is 10.5. The van der Waals surface area contributed by atoms with Gasteiger partial charge in [-0.05, 0) is 57.1 Å². The molecular formula is C31H41N3O2. The fraction of sp³-hybridized carbons (Fsp3) is 0.452. The highest BCUT2D eigenvalue weighted by atomic mass is 16.4. The molecule has 1 fully saturated rings. The van der Waals surface area contributed by atoms with Crippen LogP contribution in [0.2, 0.25) is 0 Å². The van der Waals surface area contributed by atoms with Gasteiger partial charge in [0, 0.05) is 32.2 Å². The van der Waals surface area contributed by atoms with E-state index in [9.17, 15) is 4.79 Å². The molecule has 0 unspecified atom stereocenters. The smallest absolute Gasteiger partial charge is 0.289 e. The molecule has 192 valence electrons. The van der Waals surface area contributed by atoms with Gasteiger partial charge in [-0.25, -0.2) is 0 Å². The third kappa shape index (κ3) is 7.55. The van der Waals surface area contributed by atoms with Crippen molar-refractivity contribution in [3.05, 3.63) is 94.9 Å². The Morgan fingerprint density at radius 1 is 0.833 bits per heavy atom. The Morgan fingerprint density at radius 2 is 1.58 bits per heavy atom. The van der Waals surface area contributed by atoms with Gasteiger partial charge in [-0.2, -0.15) is 0 Å². The number of aryl methyl sites for hydroxylation is 1. The van der Waals surface area contributed by atoms with Gasteiger partial charge >= 0.3 is 0 Å².